The molecule has 1 amide bonds. The lowest BCUT2D eigenvalue weighted by Gasteiger charge is -2.06. The van der Waals surface area contributed by atoms with Crippen LogP contribution in [0.3, 0.4) is 0 Å². The van der Waals surface area contributed by atoms with Crippen molar-refractivity contribution < 1.29 is 9.32 Å². The summed E-state index contributed by atoms with van der Waals surface area (Å²) in [6, 6.07) is -0.00479. The standard InChI is InChI=1S/C8H14N4O2/c1-3-6(9)4-7(13)11-8-10-5(2)12-14-8/h6H,3-4,9H2,1-2H3,(H,10,11,12,13). The van der Waals surface area contributed by atoms with Crippen molar-refractivity contribution in [2.24, 2.45) is 5.73 Å². The van der Waals surface area contributed by atoms with Crippen LogP contribution in [0.25, 0.3) is 0 Å². The number of carbonyl (C=O) groups is 1. The van der Waals surface area contributed by atoms with Crippen molar-refractivity contribution in [2.75, 3.05) is 5.32 Å². The van der Waals surface area contributed by atoms with E-state index in [0.29, 0.717) is 5.82 Å². The molecule has 0 aromatic carbocycles. The molecule has 0 aliphatic carbocycles. The van der Waals surface area contributed by atoms with Gasteiger partial charge in [0.25, 0.3) is 0 Å². The van der Waals surface area contributed by atoms with Gasteiger partial charge in [-0.1, -0.05) is 12.1 Å². The Kier molecular flexibility index (Phi) is 3.58. The number of hydrogen-bond donors (Lipinski definition) is 2. The highest BCUT2D eigenvalue weighted by Crippen LogP contribution is 2.03. The first-order valence-electron chi connectivity index (χ1n) is 4.47. The van der Waals surface area contributed by atoms with Crippen LogP contribution in [0.1, 0.15) is 25.6 Å². The molecule has 1 atom stereocenters. The Bertz CT molecular complexity index is 310. The fourth-order valence-electron chi connectivity index (χ4n) is 0.901. The maximum Gasteiger partial charge on any atom is 0.328 e. The first kappa shape index (κ1) is 10.6. The molecule has 0 saturated carbocycles. The molecule has 0 aliphatic heterocycles. The number of rotatable bonds is 4. The van der Waals surface area contributed by atoms with E-state index >= 15 is 0 Å². The van der Waals surface area contributed by atoms with E-state index in [1.165, 1.54) is 0 Å². The van der Waals surface area contributed by atoms with E-state index in [4.69, 9.17) is 10.3 Å². The maximum absolute atomic E-state index is 11.3. The molecule has 0 radical (unpaired) electrons. The molecule has 1 rings (SSSR count). The SMILES string of the molecule is CCC(N)CC(=O)Nc1nc(C)no1. The highest BCUT2D eigenvalue weighted by Gasteiger charge is 2.10. The van der Waals surface area contributed by atoms with Crippen molar-refractivity contribution in [1.29, 1.82) is 0 Å². The summed E-state index contributed by atoms with van der Waals surface area (Å²) in [5.41, 5.74) is 5.61. The first-order valence-corrected chi connectivity index (χ1v) is 4.47. The van der Waals surface area contributed by atoms with Crippen LogP contribution >= 0.6 is 0 Å². The van der Waals surface area contributed by atoms with Crippen molar-refractivity contribution in [3.63, 3.8) is 0 Å². The van der Waals surface area contributed by atoms with Gasteiger partial charge in [0.15, 0.2) is 5.82 Å². The second kappa shape index (κ2) is 4.71. The molecule has 3 N–H and O–H groups in total. The molecule has 78 valence electrons. The van der Waals surface area contributed by atoms with Gasteiger partial charge in [0.1, 0.15) is 0 Å². The average molecular weight is 198 g/mol. The van der Waals surface area contributed by atoms with Gasteiger partial charge in [-0.15, -0.1) is 0 Å². The van der Waals surface area contributed by atoms with Gasteiger partial charge in [-0.2, -0.15) is 4.98 Å². The summed E-state index contributed by atoms with van der Waals surface area (Å²) in [7, 11) is 0. The van der Waals surface area contributed by atoms with E-state index in [-0.39, 0.29) is 24.4 Å². The predicted octanol–water partition coefficient (Wildman–Crippen LogP) is 0.444. The third-order valence-corrected chi connectivity index (χ3v) is 1.75. The molecule has 0 fully saturated rings. The van der Waals surface area contributed by atoms with Crippen LogP contribution in [0.15, 0.2) is 4.52 Å². The fourth-order valence-corrected chi connectivity index (χ4v) is 0.901. The third kappa shape index (κ3) is 3.14. The van der Waals surface area contributed by atoms with E-state index < -0.39 is 0 Å². The van der Waals surface area contributed by atoms with Crippen molar-refractivity contribution in [3.8, 4) is 0 Å². The van der Waals surface area contributed by atoms with Crippen LogP contribution in [0.4, 0.5) is 6.01 Å². The summed E-state index contributed by atoms with van der Waals surface area (Å²) in [6.07, 6.45) is 1.02. The molecule has 1 aromatic rings. The number of nitrogens with one attached hydrogen (secondary N) is 1. The maximum atomic E-state index is 11.3. The van der Waals surface area contributed by atoms with E-state index in [1.54, 1.807) is 6.92 Å². The number of aryl methyl sites for hydroxylation is 1. The second-order valence-electron chi connectivity index (χ2n) is 3.07. The molecule has 1 unspecified atom stereocenters. The molecule has 0 spiro atoms. The van der Waals surface area contributed by atoms with Crippen LogP contribution in [-0.4, -0.2) is 22.1 Å². The largest absolute Gasteiger partial charge is 0.328 e. The molecule has 0 saturated heterocycles. The topological polar surface area (TPSA) is 94.0 Å². The smallest absolute Gasteiger partial charge is 0.327 e. The van der Waals surface area contributed by atoms with Crippen molar-refractivity contribution >= 4 is 11.9 Å². The van der Waals surface area contributed by atoms with Gasteiger partial charge in [0, 0.05) is 12.5 Å². The quantitative estimate of drug-likeness (QED) is 0.732. The summed E-state index contributed by atoms with van der Waals surface area (Å²) < 4.78 is 4.72. The third-order valence-electron chi connectivity index (χ3n) is 1.75. The zero-order valence-corrected chi connectivity index (χ0v) is 8.28. The van der Waals surface area contributed by atoms with Crippen LogP contribution < -0.4 is 11.1 Å². The van der Waals surface area contributed by atoms with Crippen LogP contribution in [-0.2, 0) is 4.79 Å². The minimum Gasteiger partial charge on any atom is -0.327 e. The summed E-state index contributed by atoms with van der Waals surface area (Å²) in [6.45, 7) is 3.60. The second-order valence-corrected chi connectivity index (χ2v) is 3.07. The van der Waals surface area contributed by atoms with Gasteiger partial charge in [0.05, 0.1) is 0 Å². The van der Waals surface area contributed by atoms with Crippen LogP contribution in [0, 0.1) is 6.92 Å². The van der Waals surface area contributed by atoms with E-state index in [0.717, 1.165) is 6.42 Å². The average Bonchev–Trinajstić information content (AvgIpc) is 2.50. The molecular weight excluding hydrogens is 184 g/mol. The fraction of sp³-hybridized carbons (Fsp3) is 0.625. The molecule has 14 heavy (non-hydrogen) atoms. The van der Waals surface area contributed by atoms with Crippen molar-refractivity contribution in [3.05, 3.63) is 5.82 Å². The number of hydrogen-bond acceptors (Lipinski definition) is 5. The van der Waals surface area contributed by atoms with Gasteiger partial charge >= 0.3 is 6.01 Å². The number of anilines is 1. The Hall–Kier alpha value is -1.43. The van der Waals surface area contributed by atoms with Crippen LogP contribution in [0.5, 0.6) is 0 Å². The summed E-state index contributed by atoms with van der Waals surface area (Å²) in [5, 5.41) is 6.01. The van der Waals surface area contributed by atoms with E-state index in [1.807, 2.05) is 6.92 Å². The predicted molar refractivity (Wildman–Crippen MR) is 50.5 cm³/mol. The monoisotopic (exact) mass is 198 g/mol. The molecule has 6 heteroatoms. The van der Waals surface area contributed by atoms with Crippen molar-refractivity contribution in [2.45, 2.75) is 32.7 Å². The zero-order chi connectivity index (χ0) is 10.6. The van der Waals surface area contributed by atoms with Gasteiger partial charge in [-0.25, -0.2) is 0 Å². The normalized spacial score (nSPS) is 12.5. The highest BCUT2D eigenvalue weighted by molar-refractivity contribution is 5.88. The van der Waals surface area contributed by atoms with Gasteiger partial charge < -0.3 is 10.3 Å². The lowest BCUT2D eigenvalue weighted by Crippen LogP contribution is -2.26. The van der Waals surface area contributed by atoms with Gasteiger partial charge in [-0.05, 0) is 13.3 Å². The number of nitrogens with zero attached hydrogens (tertiary/aromatic N) is 2. The van der Waals surface area contributed by atoms with Gasteiger partial charge in [0.2, 0.25) is 5.91 Å². The van der Waals surface area contributed by atoms with Crippen molar-refractivity contribution in [1.82, 2.24) is 10.1 Å². The minimum absolute atomic E-state index is 0.121. The molecule has 6 nitrogen and oxygen atoms in total. The summed E-state index contributed by atoms with van der Waals surface area (Å²) in [4.78, 5) is 15.1. The number of amides is 1. The molecule has 0 aliphatic rings. The lowest BCUT2D eigenvalue weighted by molar-refractivity contribution is -0.116. The first-order chi connectivity index (χ1) is 6.61. The van der Waals surface area contributed by atoms with E-state index in [9.17, 15) is 4.79 Å². The number of nitrogens with two attached hydrogens (primary N) is 1. The summed E-state index contributed by atoms with van der Waals surface area (Å²) in [5.74, 6) is 0.281. The Morgan fingerprint density at radius 3 is 2.93 bits per heavy atom. The molecular formula is C8H14N4O2. The van der Waals surface area contributed by atoms with E-state index in [2.05, 4.69) is 15.5 Å². The van der Waals surface area contributed by atoms with Crippen LogP contribution in [0.2, 0.25) is 0 Å². The zero-order valence-electron chi connectivity index (χ0n) is 8.28. The highest BCUT2D eigenvalue weighted by atomic mass is 16.5. The Morgan fingerprint density at radius 2 is 2.43 bits per heavy atom. The Labute approximate surface area is 81.9 Å². The lowest BCUT2D eigenvalue weighted by atomic mass is 10.2. The molecule has 0 bridgehead atoms. The van der Waals surface area contributed by atoms with Gasteiger partial charge in [-0.3, -0.25) is 10.1 Å². The Balaban J connectivity index is 2.41. The molecule has 1 aromatic heterocycles. The summed E-state index contributed by atoms with van der Waals surface area (Å²) >= 11 is 0. The molecule has 1 heterocycles. The number of aromatic nitrogens is 2. The number of carbonyl (C=O) groups excluding carboxylic acids is 1. The Morgan fingerprint density at radius 1 is 1.71 bits per heavy atom. The minimum atomic E-state index is -0.206.